The molecule has 3 rings (SSSR count). The maximum Gasteiger partial charge on any atom is 0.127 e. The summed E-state index contributed by atoms with van der Waals surface area (Å²) >= 11 is 0. The zero-order valence-corrected chi connectivity index (χ0v) is 13.0. The normalized spacial score (nSPS) is 11.0. The summed E-state index contributed by atoms with van der Waals surface area (Å²) in [4.78, 5) is 6.66. The fourth-order valence-electron chi connectivity index (χ4n) is 2.47. The number of rotatable bonds is 5. The minimum atomic E-state index is 0.669. The van der Waals surface area contributed by atoms with Gasteiger partial charge >= 0.3 is 0 Å². The van der Waals surface area contributed by atoms with Crippen LogP contribution in [0.25, 0.3) is 22.0 Å². The maximum atomic E-state index is 5.98. The van der Waals surface area contributed by atoms with Gasteiger partial charge in [-0.2, -0.15) is 0 Å². The van der Waals surface area contributed by atoms with Crippen LogP contribution in [-0.4, -0.2) is 37.1 Å². The first-order valence-corrected chi connectivity index (χ1v) is 7.46. The largest absolute Gasteiger partial charge is 0.492 e. The Labute approximate surface area is 131 Å². The molecule has 0 amide bonds. The molecule has 22 heavy (non-hydrogen) atoms. The number of hydrogen-bond donors (Lipinski definition) is 0. The van der Waals surface area contributed by atoms with E-state index in [0.29, 0.717) is 6.61 Å². The lowest BCUT2D eigenvalue weighted by atomic mass is 10.0. The standard InChI is InChI=1S/C19H20N2O/c1-21(2)13-14-22-18-11-4-3-9-16(18)17-10-5-7-15-8-6-12-20-19(15)17/h3-12H,13-14H2,1-2H3. The topological polar surface area (TPSA) is 25.4 Å². The molecule has 3 heteroatoms. The fraction of sp³-hybridized carbons (Fsp3) is 0.211. The van der Waals surface area contributed by atoms with Crippen molar-refractivity contribution in [3.05, 3.63) is 60.8 Å². The first kappa shape index (κ1) is 14.5. The molecule has 0 radical (unpaired) electrons. The summed E-state index contributed by atoms with van der Waals surface area (Å²) in [7, 11) is 4.09. The van der Waals surface area contributed by atoms with E-state index in [9.17, 15) is 0 Å². The second-order valence-corrected chi connectivity index (χ2v) is 5.53. The Bertz CT molecular complexity index is 763. The highest BCUT2D eigenvalue weighted by Gasteiger charge is 2.10. The lowest BCUT2D eigenvalue weighted by molar-refractivity contribution is 0.262. The summed E-state index contributed by atoms with van der Waals surface area (Å²) in [5, 5.41) is 1.14. The van der Waals surface area contributed by atoms with Crippen LogP contribution in [0.3, 0.4) is 0 Å². The quantitative estimate of drug-likeness (QED) is 0.714. The second kappa shape index (κ2) is 6.58. The molecule has 0 unspecified atom stereocenters. The highest BCUT2D eigenvalue weighted by Crippen LogP contribution is 2.33. The molecule has 0 bridgehead atoms. The Kier molecular flexibility index (Phi) is 4.35. The number of hydrogen-bond acceptors (Lipinski definition) is 3. The molecule has 112 valence electrons. The van der Waals surface area contributed by atoms with Crippen LogP contribution >= 0.6 is 0 Å². The number of aromatic nitrogens is 1. The van der Waals surface area contributed by atoms with Crippen molar-refractivity contribution in [1.82, 2.24) is 9.88 Å². The third-order valence-electron chi connectivity index (χ3n) is 3.61. The smallest absolute Gasteiger partial charge is 0.127 e. The van der Waals surface area contributed by atoms with Crippen molar-refractivity contribution < 1.29 is 4.74 Å². The molecule has 0 fully saturated rings. The molecule has 0 aliphatic rings. The molecular formula is C19H20N2O. The van der Waals surface area contributed by atoms with Crippen molar-refractivity contribution in [3.8, 4) is 16.9 Å². The van der Waals surface area contributed by atoms with E-state index in [-0.39, 0.29) is 0 Å². The van der Waals surface area contributed by atoms with E-state index in [2.05, 4.69) is 40.2 Å². The zero-order chi connectivity index (χ0) is 15.4. The van der Waals surface area contributed by atoms with E-state index in [0.717, 1.165) is 34.3 Å². The Hall–Kier alpha value is -2.39. The van der Waals surface area contributed by atoms with E-state index < -0.39 is 0 Å². The summed E-state index contributed by atoms with van der Waals surface area (Å²) in [6.45, 7) is 1.56. The van der Waals surface area contributed by atoms with Crippen molar-refractivity contribution in [3.63, 3.8) is 0 Å². The first-order valence-electron chi connectivity index (χ1n) is 7.46. The molecule has 0 atom stereocenters. The van der Waals surface area contributed by atoms with Gasteiger partial charge in [0.2, 0.25) is 0 Å². The number of likely N-dealkylation sites (N-methyl/N-ethyl adjacent to an activating group) is 1. The first-order chi connectivity index (χ1) is 10.8. The highest BCUT2D eigenvalue weighted by atomic mass is 16.5. The van der Waals surface area contributed by atoms with Crippen LogP contribution in [0, 0.1) is 0 Å². The van der Waals surface area contributed by atoms with Gasteiger partial charge in [-0.3, -0.25) is 4.98 Å². The predicted octanol–water partition coefficient (Wildman–Crippen LogP) is 3.84. The number of pyridine rings is 1. The van der Waals surface area contributed by atoms with Crippen molar-refractivity contribution in [2.75, 3.05) is 27.2 Å². The van der Waals surface area contributed by atoms with E-state index in [1.54, 1.807) is 0 Å². The second-order valence-electron chi connectivity index (χ2n) is 5.53. The summed E-state index contributed by atoms with van der Waals surface area (Å²) in [6.07, 6.45) is 1.83. The van der Waals surface area contributed by atoms with E-state index in [1.165, 1.54) is 0 Å². The number of benzene rings is 2. The molecule has 0 aliphatic carbocycles. The minimum absolute atomic E-state index is 0.669. The van der Waals surface area contributed by atoms with E-state index in [4.69, 9.17) is 4.74 Å². The van der Waals surface area contributed by atoms with Crippen LogP contribution in [-0.2, 0) is 0 Å². The van der Waals surface area contributed by atoms with Gasteiger partial charge < -0.3 is 9.64 Å². The molecule has 0 spiro atoms. The number of para-hydroxylation sites is 2. The number of ether oxygens (including phenoxy) is 1. The minimum Gasteiger partial charge on any atom is -0.492 e. The summed E-state index contributed by atoms with van der Waals surface area (Å²) in [5.41, 5.74) is 3.21. The maximum absolute atomic E-state index is 5.98. The molecule has 1 aromatic heterocycles. The number of nitrogens with zero attached hydrogens (tertiary/aromatic N) is 2. The lowest BCUT2D eigenvalue weighted by Crippen LogP contribution is -2.19. The third kappa shape index (κ3) is 3.10. The van der Waals surface area contributed by atoms with Gasteiger partial charge in [0.05, 0.1) is 5.52 Å². The van der Waals surface area contributed by atoms with Crippen LogP contribution in [0.4, 0.5) is 0 Å². The van der Waals surface area contributed by atoms with Crippen LogP contribution in [0.15, 0.2) is 60.8 Å². The zero-order valence-electron chi connectivity index (χ0n) is 13.0. The van der Waals surface area contributed by atoms with Gasteiger partial charge in [-0.1, -0.05) is 42.5 Å². The van der Waals surface area contributed by atoms with Gasteiger partial charge in [-0.25, -0.2) is 0 Å². The monoisotopic (exact) mass is 292 g/mol. The molecule has 1 heterocycles. The molecular weight excluding hydrogens is 272 g/mol. The predicted molar refractivity (Wildman–Crippen MR) is 91.2 cm³/mol. The fourth-order valence-corrected chi connectivity index (χ4v) is 2.47. The summed E-state index contributed by atoms with van der Waals surface area (Å²) in [5.74, 6) is 0.905. The van der Waals surface area contributed by atoms with Crippen molar-refractivity contribution in [2.24, 2.45) is 0 Å². The Morgan fingerprint density at radius 2 is 1.68 bits per heavy atom. The highest BCUT2D eigenvalue weighted by molar-refractivity contribution is 5.94. The SMILES string of the molecule is CN(C)CCOc1ccccc1-c1cccc2cccnc12. The lowest BCUT2D eigenvalue weighted by Gasteiger charge is -2.15. The van der Waals surface area contributed by atoms with Gasteiger partial charge in [0.1, 0.15) is 12.4 Å². The van der Waals surface area contributed by atoms with Gasteiger partial charge in [-0.15, -0.1) is 0 Å². The Morgan fingerprint density at radius 3 is 2.55 bits per heavy atom. The van der Waals surface area contributed by atoms with Crippen molar-refractivity contribution in [1.29, 1.82) is 0 Å². The summed E-state index contributed by atoms with van der Waals surface area (Å²) < 4.78 is 5.98. The van der Waals surface area contributed by atoms with Gasteiger partial charge in [-0.05, 0) is 26.2 Å². The average Bonchev–Trinajstić information content (AvgIpc) is 2.54. The molecule has 0 saturated carbocycles. The molecule has 3 aromatic rings. The van der Waals surface area contributed by atoms with Crippen LogP contribution in [0.1, 0.15) is 0 Å². The molecule has 2 aromatic carbocycles. The number of fused-ring (bicyclic) bond motifs is 1. The van der Waals surface area contributed by atoms with Crippen LogP contribution < -0.4 is 4.74 Å². The third-order valence-corrected chi connectivity index (χ3v) is 3.61. The van der Waals surface area contributed by atoms with Gasteiger partial charge in [0.15, 0.2) is 0 Å². The van der Waals surface area contributed by atoms with Gasteiger partial charge in [0, 0.05) is 29.3 Å². The average molecular weight is 292 g/mol. The Morgan fingerprint density at radius 1 is 0.909 bits per heavy atom. The van der Waals surface area contributed by atoms with E-state index in [1.807, 2.05) is 44.6 Å². The molecule has 0 aliphatic heterocycles. The molecule has 0 saturated heterocycles. The van der Waals surface area contributed by atoms with Crippen LogP contribution in [0.5, 0.6) is 5.75 Å². The Balaban J connectivity index is 2.00. The van der Waals surface area contributed by atoms with E-state index >= 15 is 0 Å². The molecule has 3 nitrogen and oxygen atoms in total. The van der Waals surface area contributed by atoms with Crippen molar-refractivity contribution >= 4 is 10.9 Å². The summed E-state index contributed by atoms with van der Waals surface area (Å²) in [6, 6.07) is 18.5. The van der Waals surface area contributed by atoms with Crippen LogP contribution in [0.2, 0.25) is 0 Å². The van der Waals surface area contributed by atoms with Gasteiger partial charge in [0.25, 0.3) is 0 Å². The molecule has 0 N–H and O–H groups in total. The van der Waals surface area contributed by atoms with Crippen molar-refractivity contribution in [2.45, 2.75) is 0 Å².